The predicted octanol–water partition coefficient (Wildman–Crippen LogP) is 1.24. The Balaban J connectivity index is 1.59. The number of furan rings is 1. The van der Waals surface area contributed by atoms with Gasteiger partial charge >= 0.3 is 12.0 Å². The first kappa shape index (κ1) is 14.4. The van der Waals surface area contributed by atoms with Crippen molar-refractivity contribution >= 4 is 17.9 Å². The Kier molecular flexibility index (Phi) is 3.70. The lowest BCUT2D eigenvalue weighted by Gasteiger charge is -2.35. The molecule has 0 bridgehead atoms. The second-order valence-corrected chi connectivity index (χ2v) is 5.23. The van der Waals surface area contributed by atoms with Crippen molar-refractivity contribution in [2.75, 3.05) is 26.2 Å². The molecule has 3 heterocycles. The molecule has 0 aliphatic carbocycles. The van der Waals surface area contributed by atoms with Gasteiger partial charge in [0.15, 0.2) is 5.76 Å². The minimum Gasteiger partial charge on any atom is -0.448 e. The highest BCUT2D eigenvalue weighted by molar-refractivity contribution is 5.91. The number of likely N-dealkylation sites (tertiary alicyclic amines) is 1. The molecule has 2 fully saturated rings. The second-order valence-electron chi connectivity index (χ2n) is 5.23. The third-order valence-electron chi connectivity index (χ3n) is 3.97. The number of nitro groups is 1. The number of piperidine rings is 1. The van der Waals surface area contributed by atoms with Crippen molar-refractivity contribution in [2.24, 2.45) is 0 Å². The number of hydrogen-bond donors (Lipinski definition) is 0. The van der Waals surface area contributed by atoms with Gasteiger partial charge in [-0.2, -0.15) is 0 Å². The monoisotopic (exact) mass is 309 g/mol. The van der Waals surface area contributed by atoms with Crippen molar-refractivity contribution < 1.29 is 23.7 Å². The second kappa shape index (κ2) is 5.66. The fraction of sp³-hybridized carbons (Fsp3) is 0.538. The van der Waals surface area contributed by atoms with Gasteiger partial charge in [0.1, 0.15) is 11.5 Å². The maximum atomic E-state index is 12.2. The average molecular weight is 309 g/mol. The number of carbonyl (C=O) groups excluding carboxylic acids is 2. The molecule has 0 radical (unpaired) electrons. The van der Waals surface area contributed by atoms with E-state index in [0.717, 1.165) is 0 Å². The van der Waals surface area contributed by atoms with Crippen LogP contribution in [0.3, 0.4) is 0 Å². The molecule has 0 N–H and O–H groups in total. The zero-order valence-electron chi connectivity index (χ0n) is 11.8. The van der Waals surface area contributed by atoms with E-state index in [1.54, 1.807) is 9.80 Å². The molecule has 3 rings (SSSR count). The van der Waals surface area contributed by atoms with Gasteiger partial charge in [-0.05, 0) is 18.9 Å². The van der Waals surface area contributed by atoms with Crippen molar-refractivity contribution in [1.29, 1.82) is 0 Å². The van der Waals surface area contributed by atoms with E-state index in [1.165, 1.54) is 12.1 Å². The van der Waals surface area contributed by atoms with E-state index in [9.17, 15) is 19.7 Å². The van der Waals surface area contributed by atoms with Crippen molar-refractivity contribution in [1.82, 2.24) is 9.80 Å². The molecule has 0 saturated carbocycles. The Morgan fingerprint density at radius 3 is 2.55 bits per heavy atom. The van der Waals surface area contributed by atoms with Gasteiger partial charge in [-0.1, -0.05) is 0 Å². The van der Waals surface area contributed by atoms with E-state index < -0.39 is 10.8 Å². The highest BCUT2D eigenvalue weighted by atomic mass is 16.6. The maximum Gasteiger partial charge on any atom is 0.433 e. The van der Waals surface area contributed by atoms with Gasteiger partial charge in [0.2, 0.25) is 0 Å². The van der Waals surface area contributed by atoms with Crippen molar-refractivity contribution in [3.05, 3.63) is 28.0 Å². The van der Waals surface area contributed by atoms with E-state index in [-0.39, 0.29) is 23.8 Å². The third kappa shape index (κ3) is 2.61. The Morgan fingerprint density at radius 1 is 1.27 bits per heavy atom. The Bertz CT molecular complexity index is 605. The lowest BCUT2D eigenvalue weighted by atomic mass is 10.0. The number of amides is 2. The van der Waals surface area contributed by atoms with Crippen molar-refractivity contribution in [3.63, 3.8) is 0 Å². The fourth-order valence-corrected chi connectivity index (χ4v) is 2.81. The first-order valence-electron chi connectivity index (χ1n) is 7.03. The summed E-state index contributed by atoms with van der Waals surface area (Å²) in [5.41, 5.74) is 0. The third-order valence-corrected chi connectivity index (χ3v) is 3.97. The van der Waals surface area contributed by atoms with Gasteiger partial charge < -0.3 is 19.0 Å². The van der Waals surface area contributed by atoms with Gasteiger partial charge in [-0.3, -0.25) is 14.9 Å². The summed E-state index contributed by atoms with van der Waals surface area (Å²) >= 11 is 0. The molecule has 9 heteroatoms. The quantitative estimate of drug-likeness (QED) is 0.614. The zero-order valence-corrected chi connectivity index (χ0v) is 11.8. The summed E-state index contributed by atoms with van der Waals surface area (Å²) in [6.45, 7) is 1.94. The van der Waals surface area contributed by atoms with Gasteiger partial charge in [-0.25, -0.2) is 4.79 Å². The Morgan fingerprint density at radius 2 is 2.00 bits per heavy atom. The average Bonchev–Trinajstić information content (AvgIpc) is 3.15. The standard InChI is InChI=1S/C13H15N3O6/c17-12(10-1-2-11(22-10)16(19)20)14-5-3-9(4-6-14)15-7-8-21-13(15)18/h1-2,9H,3-8H2. The molecule has 2 saturated heterocycles. The summed E-state index contributed by atoms with van der Waals surface area (Å²) < 4.78 is 9.84. The lowest BCUT2D eigenvalue weighted by molar-refractivity contribution is -0.402. The summed E-state index contributed by atoms with van der Waals surface area (Å²) in [4.78, 5) is 36.9. The normalized spacial score (nSPS) is 19.4. The minimum absolute atomic E-state index is 0.0364. The largest absolute Gasteiger partial charge is 0.448 e. The van der Waals surface area contributed by atoms with E-state index in [2.05, 4.69) is 0 Å². The molecule has 0 unspecified atom stereocenters. The molecular weight excluding hydrogens is 294 g/mol. The molecule has 9 nitrogen and oxygen atoms in total. The van der Waals surface area contributed by atoms with E-state index >= 15 is 0 Å². The van der Waals surface area contributed by atoms with Crippen LogP contribution in [0, 0.1) is 10.1 Å². The molecule has 2 aliphatic heterocycles. The number of rotatable bonds is 3. The van der Waals surface area contributed by atoms with Gasteiger partial charge in [0.25, 0.3) is 5.91 Å². The minimum atomic E-state index is -0.679. The smallest absolute Gasteiger partial charge is 0.433 e. The van der Waals surface area contributed by atoms with Crippen LogP contribution in [0.25, 0.3) is 0 Å². The molecule has 0 aromatic carbocycles. The highest BCUT2D eigenvalue weighted by Gasteiger charge is 2.34. The number of nitrogens with zero attached hydrogens (tertiary/aromatic N) is 3. The predicted molar refractivity (Wildman–Crippen MR) is 72.3 cm³/mol. The van der Waals surface area contributed by atoms with E-state index in [1.807, 2.05) is 0 Å². The first-order valence-corrected chi connectivity index (χ1v) is 7.03. The van der Waals surface area contributed by atoms with Gasteiger partial charge in [-0.15, -0.1) is 0 Å². The van der Waals surface area contributed by atoms with Gasteiger partial charge in [0, 0.05) is 19.1 Å². The summed E-state index contributed by atoms with van der Waals surface area (Å²) in [5, 5.41) is 10.6. The summed E-state index contributed by atoms with van der Waals surface area (Å²) in [6, 6.07) is 2.55. The Hall–Kier alpha value is -2.58. The molecule has 1 aromatic heterocycles. The molecule has 0 atom stereocenters. The van der Waals surface area contributed by atoms with Crippen LogP contribution in [-0.2, 0) is 4.74 Å². The molecular formula is C13H15N3O6. The summed E-state index contributed by atoms with van der Waals surface area (Å²) in [7, 11) is 0. The van der Waals surface area contributed by atoms with Gasteiger partial charge in [0.05, 0.1) is 12.6 Å². The lowest BCUT2D eigenvalue weighted by Crippen LogP contribution is -2.47. The number of hydrogen-bond acceptors (Lipinski definition) is 6. The van der Waals surface area contributed by atoms with E-state index in [0.29, 0.717) is 39.1 Å². The molecule has 1 aromatic rings. The zero-order chi connectivity index (χ0) is 15.7. The van der Waals surface area contributed by atoms with Crippen LogP contribution >= 0.6 is 0 Å². The van der Waals surface area contributed by atoms with Crippen LogP contribution in [-0.4, -0.2) is 59.0 Å². The van der Waals surface area contributed by atoms with Crippen LogP contribution in [0.4, 0.5) is 10.7 Å². The summed E-state index contributed by atoms with van der Waals surface area (Å²) in [5.74, 6) is -0.848. The molecule has 2 aliphatic rings. The molecule has 22 heavy (non-hydrogen) atoms. The molecule has 0 spiro atoms. The fourth-order valence-electron chi connectivity index (χ4n) is 2.81. The first-order chi connectivity index (χ1) is 10.6. The number of ether oxygens (including phenoxy) is 1. The number of cyclic esters (lactones) is 1. The molecule has 118 valence electrons. The molecule has 2 amide bonds. The highest BCUT2D eigenvalue weighted by Crippen LogP contribution is 2.23. The van der Waals surface area contributed by atoms with E-state index in [4.69, 9.17) is 9.15 Å². The maximum absolute atomic E-state index is 12.2. The number of carbonyl (C=O) groups is 2. The SMILES string of the molecule is O=C(c1ccc([N+](=O)[O-])o1)N1CCC(N2CCOC2=O)CC1. The van der Waals surface area contributed by atoms with Crippen molar-refractivity contribution in [3.8, 4) is 0 Å². The Labute approximate surface area is 125 Å². The summed E-state index contributed by atoms with van der Waals surface area (Å²) in [6.07, 6.45) is 1.01. The van der Waals surface area contributed by atoms with Crippen LogP contribution in [0.5, 0.6) is 0 Å². The topological polar surface area (TPSA) is 106 Å². The van der Waals surface area contributed by atoms with Crippen LogP contribution in [0.1, 0.15) is 23.4 Å². The van der Waals surface area contributed by atoms with Crippen LogP contribution in [0.2, 0.25) is 0 Å². The van der Waals surface area contributed by atoms with Crippen molar-refractivity contribution in [2.45, 2.75) is 18.9 Å². The van der Waals surface area contributed by atoms with Crippen LogP contribution in [0.15, 0.2) is 16.5 Å². The van der Waals surface area contributed by atoms with Crippen LogP contribution < -0.4 is 0 Å².